The number of carbonyl (C=O) groups is 2. The molecule has 126 valence electrons. The predicted molar refractivity (Wildman–Crippen MR) is 92.2 cm³/mol. The monoisotopic (exact) mass is 335 g/mol. The second-order valence-corrected chi connectivity index (χ2v) is 5.55. The highest BCUT2D eigenvalue weighted by molar-refractivity contribution is 5.98. The Hall–Kier alpha value is -3.48. The fraction of sp³-hybridized carbons (Fsp3) is 0.111. The van der Waals surface area contributed by atoms with Crippen molar-refractivity contribution in [1.29, 1.82) is 0 Å². The van der Waals surface area contributed by atoms with E-state index in [-0.39, 0.29) is 5.69 Å². The van der Waals surface area contributed by atoms with Gasteiger partial charge in [-0.05, 0) is 38.1 Å². The molecule has 2 N–H and O–H groups in total. The van der Waals surface area contributed by atoms with Gasteiger partial charge in [0.1, 0.15) is 0 Å². The molecule has 0 saturated carbocycles. The standard InChI is InChI=1S/C18H17N5O2/c1-12-8-10-15(11-9-12)23-13(2)16(19-22-23)18(25)21-20-17(24)14-6-4-3-5-7-14/h3-11H,1-2H3,(H,20,24)(H,21,25). The Morgan fingerprint density at radius 2 is 1.52 bits per heavy atom. The lowest BCUT2D eigenvalue weighted by Crippen LogP contribution is -2.42. The van der Waals surface area contributed by atoms with Crippen LogP contribution >= 0.6 is 0 Å². The topological polar surface area (TPSA) is 88.9 Å². The van der Waals surface area contributed by atoms with E-state index in [1.165, 1.54) is 0 Å². The van der Waals surface area contributed by atoms with Gasteiger partial charge in [-0.2, -0.15) is 0 Å². The molecular weight excluding hydrogens is 318 g/mol. The summed E-state index contributed by atoms with van der Waals surface area (Å²) in [6, 6.07) is 16.3. The van der Waals surface area contributed by atoms with Crippen molar-refractivity contribution < 1.29 is 9.59 Å². The second kappa shape index (κ2) is 6.96. The van der Waals surface area contributed by atoms with Crippen LogP contribution in [0.15, 0.2) is 54.6 Å². The highest BCUT2D eigenvalue weighted by Crippen LogP contribution is 2.12. The maximum Gasteiger partial charge on any atom is 0.292 e. The van der Waals surface area contributed by atoms with Crippen LogP contribution in [0.5, 0.6) is 0 Å². The van der Waals surface area contributed by atoms with Gasteiger partial charge in [-0.25, -0.2) is 4.68 Å². The zero-order valence-electron chi connectivity index (χ0n) is 13.9. The molecule has 0 bridgehead atoms. The van der Waals surface area contributed by atoms with Gasteiger partial charge in [-0.3, -0.25) is 20.4 Å². The Morgan fingerprint density at radius 1 is 0.880 bits per heavy atom. The Morgan fingerprint density at radius 3 is 2.20 bits per heavy atom. The minimum Gasteiger partial charge on any atom is -0.267 e. The maximum absolute atomic E-state index is 12.3. The summed E-state index contributed by atoms with van der Waals surface area (Å²) in [6.45, 7) is 3.74. The molecule has 25 heavy (non-hydrogen) atoms. The molecule has 1 aromatic heterocycles. The summed E-state index contributed by atoms with van der Waals surface area (Å²) in [4.78, 5) is 24.2. The van der Waals surface area contributed by atoms with E-state index in [0.717, 1.165) is 11.3 Å². The third kappa shape index (κ3) is 3.55. The van der Waals surface area contributed by atoms with Crippen molar-refractivity contribution in [1.82, 2.24) is 25.8 Å². The average molecular weight is 335 g/mol. The lowest BCUT2D eigenvalue weighted by atomic mass is 10.2. The first-order valence-corrected chi connectivity index (χ1v) is 7.71. The van der Waals surface area contributed by atoms with Crippen LogP contribution < -0.4 is 10.9 Å². The van der Waals surface area contributed by atoms with Crippen molar-refractivity contribution in [2.45, 2.75) is 13.8 Å². The molecule has 3 aromatic rings. The quantitative estimate of drug-likeness (QED) is 0.716. The largest absolute Gasteiger partial charge is 0.292 e. The van der Waals surface area contributed by atoms with Gasteiger partial charge in [0, 0.05) is 5.56 Å². The van der Waals surface area contributed by atoms with Crippen LogP contribution in [0.3, 0.4) is 0 Å². The lowest BCUT2D eigenvalue weighted by Gasteiger charge is -2.07. The number of nitrogens with zero attached hydrogens (tertiary/aromatic N) is 3. The zero-order valence-corrected chi connectivity index (χ0v) is 13.9. The molecular formula is C18H17N5O2. The first kappa shape index (κ1) is 16.4. The molecule has 0 radical (unpaired) electrons. The maximum atomic E-state index is 12.3. The number of carbonyl (C=O) groups excluding carboxylic acids is 2. The van der Waals surface area contributed by atoms with Gasteiger partial charge < -0.3 is 0 Å². The summed E-state index contributed by atoms with van der Waals surface area (Å²) in [7, 11) is 0. The number of amides is 2. The number of nitrogens with one attached hydrogen (secondary N) is 2. The molecule has 3 rings (SSSR count). The number of aromatic nitrogens is 3. The molecule has 0 unspecified atom stereocenters. The molecule has 7 heteroatoms. The van der Waals surface area contributed by atoms with Gasteiger partial charge in [-0.15, -0.1) is 5.10 Å². The van der Waals surface area contributed by atoms with Crippen LogP contribution in [0.25, 0.3) is 5.69 Å². The van der Waals surface area contributed by atoms with Gasteiger partial charge in [0.25, 0.3) is 11.8 Å². The molecule has 0 aliphatic carbocycles. The van der Waals surface area contributed by atoms with Gasteiger partial charge in [0.05, 0.1) is 11.4 Å². The molecule has 0 atom stereocenters. The second-order valence-electron chi connectivity index (χ2n) is 5.55. The van der Waals surface area contributed by atoms with Crippen LogP contribution in [-0.4, -0.2) is 26.8 Å². The fourth-order valence-corrected chi connectivity index (χ4v) is 2.30. The molecule has 0 fully saturated rings. The summed E-state index contributed by atoms with van der Waals surface area (Å²) in [5.74, 6) is -0.933. The number of aryl methyl sites for hydroxylation is 1. The van der Waals surface area contributed by atoms with E-state index in [2.05, 4.69) is 21.2 Å². The summed E-state index contributed by atoms with van der Waals surface area (Å²) in [5, 5.41) is 7.93. The normalized spacial score (nSPS) is 10.3. The number of benzene rings is 2. The first-order chi connectivity index (χ1) is 12.1. The summed E-state index contributed by atoms with van der Waals surface area (Å²) < 4.78 is 1.58. The van der Waals surface area contributed by atoms with Crippen LogP contribution in [0.4, 0.5) is 0 Å². The minimum atomic E-state index is -0.528. The number of hydrogen-bond acceptors (Lipinski definition) is 4. The van der Waals surface area contributed by atoms with Crippen molar-refractivity contribution in [2.75, 3.05) is 0 Å². The highest BCUT2D eigenvalue weighted by Gasteiger charge is 2.18. The number of hydrazine groups is 1. The summed E-state index contributed by atoms with van der Waals surface area (Å²) in [6.07, 6.45) is 0. The minimum absolute atomic E-state index is 0.147. The lowest BCUT2D eigenvalue weighted by molar-refractivity contribution is 0.0843. The van der Waals surface area contributed by atoms with E-state index in [9.17, 15) is 9.59 Å². The van der Waals surface area contributed by atoms with Crippen molar-refractivity contribution in [3.8, 4) is 5.69 Å². The van der Waals surface area contributed by atoms with Crippen LogP contribution in [0.1, 0.15) is 32.1 Å². The van der Waals surface area contributed by atoms with Crippen LogP contribution in [0.2, 0.25) is 0 Å². The Labute approximate surface area is 144 Å². The number of hydrogen-bond donors (Lipinski definition) is 2. The SMILES string of the molecule is Cc1ccc(-n2nnc(C(=O)NNC(=O)c3ccccc3)c2C)cc1. The van der Waals surface area contributed by atoms with Crippen molar-refractivity contribution in [3.05, 3.63) is 77.1 Å². The van der Waals surface area contributed by atoms with Crippen molar-refractivity contribution in [3.63, 3.8) is 0 Å². The molecule has 7 nitrogen and oxygen atoms in total. The van der Waals surface area contributed by atoms with Gasteiger partial charge >= 0.3 is 0 Å². The Balaban J connectivity index is 1.71. The Kier molecular flexibility index (Phi) is 4.56. The third-order valence-electron chi connectivity index (χ3n) is 3.71. The average Bonchev–Trinajstić information content (AvgIpc) is 3.02. The van der Waals surface area contributed by atoms with Gasteiger partial charge in [0.2, 0.25) is 0 Å². The van der Waals surface area contributed by atoms with Crippen LogP contribution in [-0.2, 0) is 0 Å². The molecule has 0 aliphatic rings. The van der Waals surface area contributed by atoms with E-state index in [4.69, 9.17) is 0 Å². The van der Waals surface area contributed by atoms with Crippen LogP contribution in [0, 0.1) is 13.8 Å². The summed E-state index contributed by atoms with van der Waals surface area (Å²) in [5.41, 5.74) is 7.83. The van der Waals surface area contributed by atoms with E-state index in [1.54, 1.807) is 35.9 Å². The fourth-order valence-electron chi connectivity index (χ4n) is 2.30. The summed E-state index contributed by atoms with van der Waals surface area (Å²) >= 11 is 0. The van der Waals surface area contributed by atoms with E-state index in [1.807, 2.05) is 37.3 Å². The van der Waals surface area contributed by atoms with Gasteiger partial charge in [0.15, 0.2) is 5.69 Å². The molecule has 0 aliphatic heterocycles. The smallest absolute Gasteiger partial charge is 0.267 e. The third-order valence-corrected chi connectivity index (χ3v) is 3.71. The first-order valence-electron chi connectivity index (χ1n) is 7.71. The highest BCUT2D eigenvalue weighted by atomic mass is 16.2. The molecule has 2 aromatic carbocycles. The van der Waals surface area contributed by atoms with Crippen molar-refractivity contribution >= 4 is 11.8 Å². The van der Waals surface area contributed by atoms with E-state index >= 15 is 0 Å². The zero-order chi connectivity index (χ0) is 17.8. The number of rotatable bonds is 3. The molecule has 0 saturated heterocycles. The van der Waals surface area contributed by atoms with E-state index < -0.39 is 11.8 Å². The molecule has 0 spiro atoms. The molecule has 2 amide bonds. The molecule has 1 heterocycles. The van der Waals surface area contributed by atoms with Crippen molar-refractivity contribution in [2.24, 2.45) is 0 Å². The Bertz CT molecular complexity index is 901. The van der Waals surface area contributed by atoms with Gasteiger partial charge in [-0.1, -0.05) is 41.1 Å². The predicted octanol–water partition coefficient (Wildman–Crippen LogP) is 1.96. The van der Waals surface area contributed by atoms with E-state index in [0.29, 0.717) is 11.3 Å².